The van der Waals surface area contributed by atoms with E-state index in [4.69, 9.17) is 16.3 Å². The molecule has 1 atom stereocenters. The molecule has 0 saturated carbocycles. The third-order valence-electron chi connectivity index (χ3n) is 4.34. The van der Waals surface area contributed by atoms with Gasteiger partial charge in [-0.05, 0) is 17.2 Å². The molecule has 2 aromatic rings. The molecule has 1 N–H and O–H groups in total. The maximum atomic E-state index is 12.5. The number of rotatable bonds is 6. The molecule has 27 heavy (non-hydrogen) atoms. The minimum atomic E-state index is -3.67. The molecular formula is C19H21ClN2O4S. The number of nitrogens with zero attached hydrogens (tertiary/aromatic N) is 1. The molecule has 0 radical (unpaired) electrons. The molecule has 1 heterocycles. The Labute approximate surface area is 164 Å². The Hall–Kier alpha value is -1.93. The van der Waals surface area contributed by atoms with Gasteiger partial charge >= 0.3 is 0 Å². The topological polar surface area (TPSA) is 75.7 Å². The number of morpholine rings is 1. The summed E-state index contributed by atoms with van der Waals surface area (Å²) in [6.45, 7) is 0.968. The Morgan fingerprint density at radius 3 is 2.59 bits per heavy atom. The van der Waals surface area contributed by atoms with Crippen LogP contribution in [0.25, 0.3) is 0 Å². The number of nitrogens with one attached hydrogen (secondary N) is 1. The lowest BCUT2D eigenvalue weighted by Gasteiger charge is -2.33. The highest BCUT2D eigenvalue weighted by molar-refractivity contribution is 7.88. The first-order valence-electron chi connectivity index (χ1n) is 8.60. The molecule has 1 amide bonds. The van der Waals surface area contributed by atoms with Crippen LogP contribution in [0.1, 0.15) is 17.2 Å². The molecule has 0 aromatic heterocycles. The highest BCUT2D eigenvalue weighted by atomic mass is 35.5. The van der Waals surface area contributed by atoms with E-state index < -0.39 is 10.0 Å². The molecule has 144 valence electrons. The fourth-order valence-electron chi connectivity index (χ4n) is 2.90. The fourth-order valence-corrected chi connectivity index (χ4v) is 4.29. The van der Waals surface area contributed by atoms with Crippen LogP contribution in [-0.4, -0.2) is 45.5 Å². The summed E-state index contributed by atoms with van der Waals surface area (Å²) in [5.74, 6) is -0.544. The first kappa shape index (κ1) is 19.8. The zero-order valence-corrected chi connectivity index (χ0v) is 16.2. The van der Waals surface area contributed by atoms with Crippen molar-refractivity contribution < 1.29 is 17.9 Å². The zero-order valence-electron chi connectivity index (χ0n) is 14.7. The number of carbonyl (C=O) groups is 1. The summed E-state index contributed by atoms with van der Waals surface area (Å²) >= 11 is 6.01. The smallest absolute Gasteiger partial charge is 0.237 e. The average Bonchev–Trinajstić information content (AvgIpc) is 2.69. The van der Waals surface area contributed by atoms with Crippen LogP contribution in [0, 0.1) is 0 Å². The first-order chi connectivity index (χ1) is 12.9. The summed E-state index contributed by atoms with van der Waals surface area (Å²) in [5.41, 5.74) is 1.49. The summed E-state index contributed by atoms with van der Waals surface area (Å²) in [7, 11) is -3.67. The van der Waals surface area contributed by atoms with Gasteiger partial charge in [-0.3, -0.25) is 4.79 Å². The summed E-state index contributed by atoms with van der Waals surface area (Å²) in [4.78, 5) is 14.1. The molecule has 1 aliphatic rings. The Balaban J connectivity index is 1.56. The van der Waals surface area contributed by atoms with Crippen molar-refractivity contribution >= 4 is 27.5 Å². The van der Waals surface area contributed by atoms with Crippen LogP contribution in [0.4, 0.5) is 0 Å². The number of carbonyl (C=O) groups excluding carboxylic acids is 1. The van der Waals surface area contributed by atoms with Gasteiger partial charge in [-0.2, -0.15) is 0 Å². The molecule has 1 saturated heterocycles. The van der Waals surface area contributed by atoms with Gasteiger partial charge in [0.2, 0.25) is 15.9 Å². The molecule has 1 aliphatic heterocycles. The second-order valence-corrected chi connectivity index (χ2v) is 8.50. The standard InChI is InChI=1S/C19H21ClN2O4S/c20-17-9-5-4-8-16(17)14-27(24,25)21-12-19(23)22-10-11-26-18(13-22)15-6-2-1-3-7-15/h1-9,18,21H,10-14H2. The second-order valence-electron chi connectivity index (χ2n) is 6.28. The van der Waals surface area contributed by atoms with Crippen molar-refractivity contribution in [2.24, 2.45) is 0 Å². The molecular weight excluding hydrogens is 388 g/mol. The van der Waals surface area contributed by atoms with Gasteiger partial charge in [0.05, 0.1) is 25.4 Å². The van der Waals surface area contributed by atoms with E-state index in [9.17, 15) is 13.2 Å². The third kappa shape index (κ3) is 5.52. The van der Waals surface area contributed by atoms with E-state index in [1.165, 1.54) is 0 Å². The van der Waals surface area contributed by atoms with Crippen molar-refractivity contribution in [2.75, 3.05) is 26.2 Å². The number of halogens is 1. The summed E-state index contributed by atoms with van der Waals surface area (Å²) in [6.07, 6.45) is -0.205. The van der Waals surface area contributed by atoms with Gasteiger partial charge in [0.25, 0.3) is 0 Å². The Morgan fingerprint density at radius 2 is 1.85 bits per heavy atom. The highest BCUT2D eigenvalue weighted by Gasteiger charge is 2.26. The van der Waals surface area contributed by atoms with Gasteiger partial charge in [-0.25, -0.2) is 13.1 Å². The predicted molar refractivity (Wildman–Crippen MR) is 104 cm³/mol. The molecule has 8 heteroatoms. The molecule has 0 bridgehead atoms. The lowest BCUT2D eigenvalue weighted by atomic mass is 10.1. The molecule has 6 nitrogen and oxygen atoms in total. The predicted octanol–water partition coefficient (Wildman–Crippen LogP) is 2.36. The minimum absolute atomic E-state index is 0.205. The lowest BCUT2D eigenvalue weighted by Crippen LogP contribution is -2.46. The zero-order chi connectivity index (χ0) is 19.3. The molecule has 2 aromatic carbocycles. The van der Waals surface area contributed by atoms with Crippen LogP contribution in [0.15, 0.2) is 54.6 Å². The van der Waals surface area contributed by atoms with Crippen LogP contribution in [0.3, 0.4) is 0 Å². The quantitative estimate of drug-likeness (QED) is 0.796. The van der Waals surface area contributed by atoms with Gasteiger partial charge in [-0.15, -0.1) is 0 Å². The van der Waals surface area contributed by atoms with Crippen LogP contribution in [0.5, 0.6) is 0 Å². The second kappa shape index (κ2) is 8.84. The number of amides is 1. The Kier molecular flexibility index (Phi) is 6.49. The van der Waals surface area contributed by atoms with E-state index >= 15 is 0 Å². The van der Waals surface area contributed by atoms with Gasteiger partial charge in [-0.1, -0.05) is 60.1 Å². The van der Waals surface area contributed by atoms with Crippen molar-refractivity contribution in [3.8, 4) is 0 Å². The largest absolute Gasteiger partial charge is 0.370 e. The minimum Gasteiger partial charge on any atom is -0.370 e. The molecule has 1 unspecified atom stereocenters. The third-order valence-corrected chi connectivity index (χ3v) is 5.98. The van der Waals surface area contributed by atoms with Gasteiger partial charge in [0, 0.05) is 11.6 Å². The Bertz CT molecular complexity index is 890. The van der Waals surface area contributed by atoms with E-state index in [0.717, 1.165) is 5.56 Å². The van der Waals surface area contributed by atoms with E-state index in [-0.39, 0.29) is 24.3 Å². The number of hydrogen-bond acceptors (Lipinski definition) is 4. The first-order valence-corrected chi connectivity index (χ1v) is 10.6. The maximum Gasteiger partial charge on any atom is 0.237 e. The van der Waals surface area contributed by atoms with E-state index in [1.807, 2.05) is 30.3 Å². The highest BCUT2D eigenvalue weighted by Crippen LogP contribution is 2.22. The number of sulfonamides is 1. The fraction of sp³-hybridized carbons (Fsp3) is 0.316. The molecule has 1 fully saturated rings. The van der Waals surface area contributed by atoms with Crippen molar-refractivity contribution in [1.29, 1.82) is 0 Å². The number of ether oxygens (including phenoxy) is 1. The summed E-state index contributed by atoms with van der Waals surface area (Å²) in [5, 5.41) is 0.382. The van der Waals surface area contributed by atoms with Gasteiger partial charge in [0.15, 0.2) is 0 Å². The van der Waals surface area contributed by atoms with Crippen molar-refractivity contribution in [2.45, 2.75) is 11.9 Å². The molecule has 3 rings (SSSR count). The van der Waals surface area contributed by atoms with Crippen molar-refractivity contribution in [1.82, 2.24) is 9.62 Å². The summed E-state index contributed by atoms with van der Waals surface area (Å²) in [6, 6.07) is 16.4. The average molecular weight is 409 g/mol. The molecule has 0 aliphatic carbocycles. The Morgan fingerprint density at radius 1 is 1.15 bits per heavy atom. The van der Waals surface area contributed by atoms with E-state index in [2.05, 4.69) is 4.72 Å². The van der Waals surface area contributed by atoms with Crippen LogP contribution in [-0.2, 0) is 25.3 Å². The number of hydrogen-bond donors (Lipinski definition) is 1. The van der Waals surface area contributed by atoms with Crippen LogP contribution >= 0.6 is 11.6 Å². The normalized spacial score (nSPS) is 17.7. The van der Waals surface area contributed by atoms with Crippen LogP contribution < -0.4 is 4.72 Å². The van der Waals surface area contributed by atoms with Gasteiger partial charge in [0.1, 0.15) is 6.10 Å². The van der Waals surface area contributed by atoms with Gasteiger partial charge < -0.3 is 9.64 Å². The van der Waals surface area contributed by atoms with E-state index in [0.29, 0.717) is 30.3 Å². The number of benzene rings is 2. The van der Waals surface area contributed by atoms with Crippen LogP contribution in [0.2, 0.25) is 5.02 Å². The maximum absolute atomic E-state index is 12.5. The lowest BCUT2D eigenvalue weighted by molar-refractivity contribution is -0.137. The van der Waals surface area contributed by atoms with Crippen molar-refractivity contribution in [3.63, 3.8) is 0 Å². The van der Waals surface area contributed by atoms with E-state index in [1.54, 1.807) is 29.2 Å². The monoisotopic (exact) mass is 408 g/mol. The van der Waals surface area contributed by atoms with Crippen molar-refractivity contribution in [3.05, 3.63) is 70.7 Å². The summed E-state index contributed by atoms with van der Waals surface area (Å²) < 4.78 is 32.6. The molecule has 0 spiro atoms. The SMILES string of the molecule is O=C(CNS(=O)(=O)Cc1ccccc1Cl)N1CCOC(c2ccccc2)C1.